The fourth-order valence-electron chi connectivity index (χ4n) is 4.73. The molecule has 0 aliphatic carbocycles. The lowest BCUT2D eigenvalue weighted by atomic mass is 9.90. The van der Waals surface area contributed by atoms with Gasteiger partial charge in [-0.25, -0.2) is 0 Å². The molecular weight excluding hydrogens is 436 g/mol. The Morgan fingerprint density at radius 2 is 1.66 bits per heavy atom. The zero-order chi connectivity index (χ0) is 24.8. The van der Waals surface area contributed by atoms with Gasteiger partial charge in [0.25, 0.3) is 0 Å². The van der Waals surface area contributed by atoms with E-state index >= 15 is 0 Å². The molecule has 1 fully saturated rings. The Labute approximate surface area is 208 Å². The molecule has 1 heterocycles. The molecule has 35 heavy (non-hydrogen) atoms. The van der Waals surface area contributed by atoms with Crippen LogP contribution >= 0.6 is 0 Å². The van der Waals surface area contributed by atoms with Crippen LogP contribution in [0.1, 0.15) is 41.6 Å². The van der Waals surface area contributed by atoms with Gasteiger partial charge in [-0.1, -0.05) is 85.8 Å². The van der Waals surface area contributed by atoms with Crippen LogP contribution in [0.3, 0.4) is 0 Å². The van der Waals surface area contributed by atoms with Crippen molar-refractivity contribution >= 4 is 0 Å². The standard InChI is InChI=1S/C30H36N2O3/c1-4-17-32(3)19-28-21(2)29(24-11-9-22(20-33)10-12-24)35-30(34-28)25-15-13-23(14-16-25)27-8-6-5-7-26(27)18-31/h4-16,21,28-30,33H,1,17-20,31H2,2-3H3. The highest BCUT2D eigenvalue weighted by Gasteiger charge is 2.38. The number of nitrogens with zero attached hydrogens (tertiary/aromatic N) is 1. The minimum atomic E-state index is -0.477. The highest BCUT2D eigenvalue weighted by Crippen LogP contribution is 2.42. The summed E-state index contributed by atoms with van der Waals surface area (Å²) in [4.78, 5) is 2.22. The molecule has 4 unspecified atom stereocenters. The van der Waals surface area contributed by atoms with Crippen LogP contribution in [0.2, 0.25) is 0 Å². The first-order chi connectivity index (χ1) is 17.0. The van der Waals surface area contributed by atoms with Gasteiger partial charge in [0, 0.05) is 31.1 Å². The van der Waals surface area contributed by atoms with Crippen molar-refractivity contribution in [3.8, 4) is 11.1 Å². The first-order valence-electron chi connectivity index (χ1n) is 12.2. The van der Waals surface area contributed by atoms with Gasteiger partial charge in [-0.3, -0.25) is 0 Å². The van der Waals surface area contributed by atoms with Crippen LogP contribution in [-0.4, -0.2) is 36.2 Å². The minimum absolute atomic E-state index is 0.0149. The number of hydrogen-bond donors (Lipinski definition) is 2. The Kier molecular flexibility index (Phi) is 8.50. The summed E-state index contributed by atoms with van der Waals surface area (Å²) in [5.41, 5.74) is 12.3. The van der Waals surface area contributed by atoms with Gasteiger partial charge in [-0.2, -0.15) is 0 Å². The van der Waals surface area contributed by atoms with Crippen molar-refractivity contribution in [2.45, 2.75) is 38.6 Å². The van der Waals surface area contributed by atoms with E-state index < -0.39 is 6.29 Å². The fraction of sp³-hybridized carbons (Fsp3) is 0.333. The molecule has 5 nitrogen and oxygen atoms in total. The zero-order valence-corrected chi connectivity index (χ0v) is 20.6. The van der Waals surface area contributed by atoms with E-state index in [1.54, 1.807) is 0 Å². The van der Waals surface area contributed by atoms with Gasteiger partial charge in [-0.05, 0) is 34.9 Å². The number of hydrogen-bond acceptors (Lipinski definition) is 5. The molecule has 184 valence electrons. The average molecular weight is 473 g/mol. The molecule has 3 aromatic carbocycles. The smallest absolute Gasteiger partial charge is 0.184 e. The molecule has 1 aliphatic heterocycles. The summed E-state index contributed by atoms with van der Waals surface area (Å²) in [5.74, 6) is 0.147. The van der Waals surface area contributed by atoms with E-state index in [4.69, 9.17) is 15.2 Å². The average Bonchev–Trinajstić information content (AvgIpc) is 2.90. The van der Waals surface area contributed by atoms with Crippen molar-refractivity contribution in [2.24, 2.45) is 11.7 Å². The van der Waals surface area contributed by atoms with Gasteiger partial charge >= 0.3 is 0 Å². The number of likely N-dealkylation sites (N-methyl/N-ethyl adjacent to an activating group) is 1. The molecule has 3 N–H and O–H groups in total. The van der Waals surface area contributed by atoms with Gasteiger partial charge in [0.15, 0.2) is 6.29 Å². The van der Waals surface area contributed by atoms with Crippen LogP contribution in [0, 0.1) is 5.92 Å². The Bertz CT molecular complexity index is 1100. The Morgan fingerprint density at radius 1 is 0.971 bits per heavy atom. The van der Waals surface area contributed by atoms with Gasteiger partial charge < -0.3 is 25.2 Å². The van der Waals surface area contributed by atoms with Crippen LogP contribution in [0.25, 0.3) is 11.1 Å². The maximum absolute atomic E-state index is 9.44. The summed E-state index contributed by atoms with van der Waals surface area (Å²) in [6.45, 7) is 8.15. The predicted molar refractivity (Wildman–Crippen MR) is 140 cm³/mol. The van der Waals surface area contributed by atoms with Crippen molar-refractivity contribution in [3.63, 3.8) is 0 Å². The summed E-state index contributed by atoms with van der Waals surface area (Å²) < 4.78 is 13.1. The third-order valence-corrected chi connectivity index (χ3v) is 6.79. The second kappa shape index (κ2) is 11.8. The van der Waals surface area contributed by atoms with E-state index in [-0.39, 0.29) is 24.7 Å². The molecule has 5 heteroatoms. The molecule has 3 aromatic rings. The number of rotatable bonds is 9. The minimum Gasteiger partial charge on any atom is -0.392 e. The first-order valence-corrected chi connectivity index (χ1v) is 12.2. The van der Waals surface area contributed by atoms with Gasteiger partial charge in [-0.15, -0.1) is 6.58 Å². The van der Waals surface area contributed by atoms with E-state index in [1.165, 1.54) is 0 Å². The molecular formula is C30H36N2O3. The van der Waals surface area contributed by atoms with Gasteiger partial charge in [0.05, 0.1) is 18.8 Å². The van der Waals surface area contributed by atoms with E-state index in [1.807, 2.05) is 42.5 Å². The molecule has 0 amide bonds. The summed E-state index contributed by atoms with van der Waals surface area (Å²) in [6, 6.07) is 24.6. The largest absolute Gasteiger partial charge is 0.392 e. The van der Waals surface area contributed by atoms with Crippen LogP contribution in [0.5, 0.6) is 0 Å². The van der Waals surface area contributed by atoms with E-state index in [0.717, 1.165) is 46.5 Å². The lowest BCUT2D eigenvalue weighted by molar-refractivity contribution is -0.275. The number of ether oxygens (including phenoxy) is 2. The Hall–Kier alpha value is -2.80. The maximum atomic E-state index is 9.44. The molecule has 4 rings (SSSR count). The summed E-state index contributed by atoms with van der Waals surface area (Å²) in [6.07, 6.45) is 1.29. The lowest BCUT2D eigenvalue weighted by Crippen LogP contribution is -2.43. The monoisotopic (exact) mass is 472 g/mol. The Balaban J connectivity index is 1.61. The number of aliphatic hydroxyl groups is 1. The molecule has 0 spiro atoms. The van der Waals surface area contributed by atoms with Crippen LogP contribution in [0.4, 0.5) is 0 Å². The van der Waals surface area contributed by atoms with Crippen LogP contribution in [0.15, 0.2) is 85.5 Å². The van der Waals surface area contributed by atoms with Crippen LogP contribution < -0.4 is 5.73 Å². The number of aliphatic hydroxyl groups excluding tert-OH is 1. The van der Waals surface area contributed by atoms with E-state index in [2.05, 4.69) is 61.8 Å². The van der Waals surface area contributed by atoms with E-state index in [0.29, 0.717) is 6.54 Å². The highest BCUT2D eigenvalue weighted by atomic mass is 16.7. The topological polar surface area (TPSA) is 68.0 Å². The lowest BCUT2D eigenvalue weighted by Gasteiger charge is -2.42. The third kappa shape index (κ3) is 5.89. The van der Waals surface area contributed by atoms with Crippen molar-refractivity contribution in [1.82, 2.24) is 4.90 Å². The third-order valence-electron chi connectivity index (χ3n) is 6.79. The molecule has 0 saturated carbocycles. The second-order valence-electron chi connectivity index (χ2n) is 9.32. The Morgan fingerprint density at radius 3 is 2.31 bits per heavy atom. The molecule has 0 radical (unpaired) electrons. The van der Waals surface area contributed by atoms with Crippen molar-refractivity contribution < 1.29 is 14.6 Å². The van der Waals surface area contributed by atoms with Crippen molar-refractivity contribution in [3.05, 3.63) is 108 Å². The summed E-state index contributed by atoms with van der Waals surface area (Å²) >= 11 is 0. The first kappa shape index (κ1) is 25.3. The SMILES string of the molecule is C=CCN(C)CC1OC(c2ccc(-c3ccccc3CN)cc2)OC(c2ccc(CO)cc2)C1C. The highest BCUT2D eigenvalue weighted by molar-refractivity contribution is 5.67. The normalized spacial score (nSPS) is 22.3. The van der Waals surface area contributed by atoms with E-state index in [9.17, 15) is 5.11 Å². The maximum Gasteiger partial charge on any atom is 0.184 e. The molecule has 0 aromatic heterocycles. The zero-order valence-electron chi connectivity index (χ0n) is 20.6. The van der Waals surface area contributed by atoms with Crippen LogP contribution in [-0.2, 0) is 22.6 Å². The quantitative estimate of drug-likeness (QED) is 0.418. The molecule has 1 saturated heterocycles. The molecule has 1 aliphatic rings. The van der Waals surface area contributed by atoms with Gasteiger partial charge in [0.1, 0.15) is 0 Å². The molecule has 4 atom stereocenters. The number of benzene rings is 3. The predicted octanol–water partition coefficient (Wildman–Crippen LogP) is 5.21. The second-order valence-corrected chi connectivity index (χ2v) is 9.32. The summed E-state index contributed by atoms with van der Waals surface area (Å²) in [5, 5.41) is 9.44. The van der Waals surface area contributed by atoms with Crippen molar-refractivity contribution in [2.75, 3.05) is 20.1 Å². The molecule has 0 bridgehead atoms. The van der Waals surface area contributed by atoms with Gasteiger partial charge in [0.2, 0.25) is 0 Å². The van der Waals surface area contributed by atoms with Crippen molar-refractivity contribution in [1.29, 1.82) is 0 Å². The fourth-order valence-corrected chi connectivity index (χ4v) is 4.73. The number of nitrogens with two attached hydrogens (primary N) is 1. The summed E-state index contributed by atoms with van der Waals surface area (Å²) in [7, 11) is 2.08.